The second-order valence-corrected chi connectivity index (χ2v) is 9.28. The number of morpholine rings is 1. The van der Waals surface area contributed by atoms with Crippen LogP contribution < -0.4 is 5.56 Å². The van der Waals surface area contributed by atoms with Gasteiger partial charge in [-0.15, -0.1) is 0 Å². The van der Waals surface area contributed by atoms with Gasteiger partial charge >= 0.3 is 0 Å². The topological polar surface area (TPSA) is 64.4 Å². The van der Waals surface area contributed by atoms with Gasteiger partial charge in [-0.25, -0.2) is 4.98 Å². The second-order valence-electron chi connectivity index (χ2n) is 7.49. The first-order chi connectivity index (χ1) is 14.8. The van der Waals surface area contributed by atoms with Crippen molar-refractivity contribution < 1.29 is 9.53 Å². The van der Waals surface area contributed by atoms with E-state index in [0.717, 1.165) is 0 Å². The Bertz CT molecular complexity index is 1190. The Morgan fingerprint density at radius 2 is 1.87 bits per heavy atom. The number of rotatable bonds is 4. The minimum atomic E-state index is -0.251. The lowest BCUT2D eigenvalue weighted by Crippen LogP contribution is -2.48. The van der Waals surface area contributed by atoms with Gasteiger partial charge in [0.25, 0.3) is 5.56 Å². The van der Waals surface area contributed by atoms with E-state index >= 15 is 0 Å². The lowest BCUT2D eigenvalue weighted by atomic mass is 10.2. The van der Waals surface area contributed by atoms with Gasteiger partial charge in [0.1, 0.15) is 0 Å². The van der Waals surface area contributed by atoms with Crippen LogP contribution in [0.5, 0.6) is 0 Å². The maximum absolute atomic E-state index is 13.3. The zero-order valence-corrected chi connectivity index (χ0v) is 19.4. The average Bonchev–Trinajstić information content (AvgIpc) is 2.72. The molecule has 1 aromatic heterocycles. The van der Waals surface area contributed by atoms with E-state index in [1.165, 1.54) is 16.3 Å². The van der Waals surface area contributed by atoms with Crippen LogP contribution in [0.25, 0.3) is 16.6 Å². The molecule has 9 heteroatoms. The minimum absolute atomic E-state index is 0.0115. The number of benzene rings is 2. The van der Waals surface area contributed by atoms with Crippen LogP contribution in [0, 0.1) is 0 Å². The van der Waals surface area contributed by atoms with Crippen molar-refractivity contribution in [1.82, 2.24) is 14.5 Å². The molecule has 0 aliphatic carbocycles. The van der Waals surface area contributed by atoms with Gasteiger partial charge in [0.2, 0.25) is 5.91 Å². The molecular formula is C22H21Cl2N3O3S. The van der Waals surface area contributed by atoms with Gasteiger partial charge in [0, 0.05) is 18.1 Å². The SMILES string of the molecule is CC1CN(C(=O)CSc2nc3ccccc3c(=O)n2-c2ccc(Cl)cc2Cl)CC(C)O1. The van der Waals surface area contributed by atoms with E-state index < -0.39 is 0 Å². The lowest BCUT2D eigenvalue weighted by molar-refractivity contribution is -0.140. The minimum Gasteiger partial charge on any atom is -0.372 e. The maximum atomic E-state index is 13.3. The predicted molar refractivity (Wildman–Crippen MR) is 125 cm³/mol. The highest BCUT2D eigenvalue weighted by atomic mass is 35.5. The van der Waals surface area contributed by atoms with Crippen molar-refractivity contribution in [2.75, 3.05) is 18.8 Å². The predicted octanol–water partition coefficient (Wildman–Crippen LogP) is 4.42. The fourth-order valence-corrected chi connectivity index (χ4v) is 5.08. The van der Waals surface area contributed by atoms with Crippen molar-refractivity contribution in [2.45, 2.75) is 31.2 Å². The molecule has 1 aliphatic rings. The van der Waals surface area contributed by atoms with Gasteiger partial charge in [-0.1, -0.05) is 47.1 Å². The van der Waals surface area contributed by atoms with Crippen molar-refractivity contribution in [3.8, 4) is 5.69 Å². The molecule has 2 atom stereocenters. The molecule has 31 heavy (non-hydrogen) atoms. The second kappa shape index (κ2) is 9.20. The van der Waals surface area contributed by atoms with Crippen molar-refractivity contribution in [1.29, 1.82) is 0 Å². The summed E-state index contributed by atoms with van der Waals surface area (Å²) >= 11 is 13.7. The van der Waals surface area contributed by atoms with Crippen molar-refractivity contribution >= 4 is 51.8 Å². The summed E-state index contributed by atoms with van der Waals surface area (Å²) in [5.41, 5.74) is 0.786. The summed E-state index contributed by atoms with van der Waals surface area (Å²) in [7, 11) is 0. The van der Waals surface area contributed by atoms with Gasteiger partial charge < -0.3 is 9.64 Å². The molecule has 3 aromatic rings. The molecule has 1 amide bonds. The molecular weight excluding hydrogens is 457 g/mol. The quantitative estimate of drug-likeness (QED) is 0.411. The molecule has 0 saturated carbocycles. The van der Waals surface area contributed by atoms with Gasteiger partial charge in [-0.3, -0.25) is 14.2 Å². The largest absolute Gasteiger partial charge is 0.372 e. The summed E-state index contributed by atoms with van der Waals surface area (Å²) in [6.45, 7) is 5.00. The Balaban J connectivity index is 1.71. The molecule has 0 bridgehead atoms. The fourth-order valence-electron chi connectivity index (χ4n) is 3.68. The van der Waals surface area contributed by atoms with Gasteiger partial charge in [-0.05, 0) is 44.2 Å². The number of fused-ring (bicyclic) bond motifs is 1. The molecule has 2 aromatic carbocycles. The van der Waals surface area contributed by atoms with Gasteiger partial charge in [0.15, 0.2) is 5.16 Å². The Morgan fingerprint density at radius 1 is 1.16 bits per heavy atom. The van der Waals surface area contributed by atoms with E-state index in [-0.39, 0.29) is 29.4 Å². The van der Waals surface area contributed by atoms with Crippen LogP contribution in [-0.2, 0) is 9.53 Å². The molecule has 162 valence electrons. The smallest absolute Gasteiger partial charge is 0.266 e. The Labute approximate surface area is 194 Å². The van der Waals surface area contributed by atoms with Crippen molar-refractivity contribution in [2.24, 2.45) is 0 Å². The lowest BCUT2D eigenvalue weighted by Gasteiger charge is -2.35. The fraction of sp³-hybridized carbons (Fsp3) is 0.318. The van der Waals surface area contributed by atoms with E-state index in [4.69, 9.17) is 27.9 Å². The summed E-state index contributed by atoms with van der Waals surface area (Å²) in [6.07, 6.45) is -0.0231. The molecule has 0 radical (unpaired) electrons. The monoisotopic (exact) mass is 477 g/mol. The first-order valence-electron chi connectivity index (χ1n) is 9.86. The first kappa shape index (κ1) is 22.1. The number of thioether (sulfide) groups is 1. The first-order valence-corrected chi connectivity index (χ1v) is 11.6. The standard InChI is InChI=1S/C22H21Cl2N3O3S/c1-13-10-26(11-14(2)30-13)20(28)12-31-22-25-18-6-4-3-5-16(18)21(29)27(22)19-8-7-15(23)9-17(19)24/h3-9,13-14H,10-12H2,1-2H3. The number of carbonyl (C=O) groups is 1. The van der Waals surface area contributed by atoms with Gasteiger partial charge in [-0.2, -0.15) is 0 Å². The molecule has 0 spiro atoms. The summed E-state index contributed by atoms with van der Waals surface area (Å²) in [6, 6.07) is 12.0. The van der Waals surface area contributed by atoms with Crippen LogP contribution >= 0.6 is 35.0 Å². The highest BCUT2D eigenvalue weighted by Crippen LogP contribution is 2.28. The highest BCUT2D eigenvalue weighted by molar-refractivity contribution is 7.99. The zero-order valence-electron chi connectivity index (χ0n) is 17.0. The summed E-state index contributed by atoms with van der Waals surface area (Å²) < 4.78 is 7.16. The van der Waals surface area contributed by atoms with E-state index in [1.54, 1.807) is 41.3 Å². The third-order valence-electron chi connectivity index (χ3n) is 4.99. The molecule has 2 unspecified atom stereocenters. The molecule has 1 fully saturated rings. The summed E-state index contributed by atoms with van der Waals surface area (Å²) in [4.78, 5) is 32.6. The normalized spacial score (nSPS) is 19.0. The third-order valence-corrected chi connectivity index (χ3v) is 6.45. The Kier molecular flexibility index (Phi) is 6.57. The number of carbonyl (C=O) groups excluding carboxylic acids is 1. The van der Waals surface area contributed by atoms with Crippen LogP contribution in [0.2, 0.25) is 10.0 Å². The van der Waals surface area contributed by atoms with Gasteiger partial charge in [0.05, 0.1) is 39.6 Å². The number of ether oxygens (including phenoxy) is 1. The van der Waals surface area contributed by atoms with Crippen LogP contribution in [0.15, 0.2) is 52.4 Å². The molecule has 2 heterocycles. The zero-order chi connectivity index (χ0) is 22.1. The number of para-hydroxylation sites is 1. The van der Waals surface area contributed by atoms with Crippen LogP contribution in [0.3, 0.4) is 0 Å². The number of nitrogens with zero attached hydrogens (tertiary/aromatic N) is 3. The van der Waals surface area contributed by atoms with Crippen LogP contribution in [-0.4, -0.2) is 51.4 Å². The number of amides is 1. The van der Waals surface area contributed by atoms with E-state index in [2.05, 4.69) is 4.98 Å². The molecule has 1 saturated heterocycles. The van der Waals surface area contributed by atoms with Crippen molar-refractivity contribution in [3.05, 3.63) is 62.9 Å². The Morgan fingerprint density at radius 3 is 2.58 bits per heavy atom. The molecule has 4 rings (SSSR count). The summed E-state index contributed by atoms with van der Waals surface area (Å²) in [5, 5.41) is 1.67. The van der Waals surface area contributed by atoms with Crippen LogP contribution in [0.1, 0.15) is 13.8 Å². The van der Waals surface area contributed by atoms with E-state index in [9.17, 15) is 9.59 Å². The highest BCUT2D eigenvalue weighted by Gasteiger charge is 2.26. The van der Waals surface area contributed by atoms with E-state index in [1.807, 2.05) is 19.9 Å². The number of halogens is 2. The molecule has 1 aliphatic heterocycles. The molecule has 0 N–H and O–H groups in total. The number of aromatic nitrogens is 2. The number of hydrogen-bond donors (Lipinski definition) is 0. The maximum Gasteiger partial charge on any atom is 0.266 e. The average molecular weight is 478 g/mol. The summed E-state index contributed by atoms with van der Waals surface area (Å²) in [5.74, 6) is 0.123. The number of hydrogen-bond acceptors (Lipinski definition) is 5. The Hall–Kier alpha value is -2.06. The van der Waals surface area contributed by atoms with Crippen molar-refractivity contribution in [3.63, 3.8) is 0 Å². The third kappa shape index (κ3) is 4.75. The van der Waals surface area contributed by atoms with Crippen LogP contribution in [0.4, 0.5) is 0 Å². The molecule has 6 nitrogen and oxygen atoms in total. The van der Waals surface area contributed by atoms with E-state index in [0.29, 0.717) is 44.9 Å².